The van der Waals surface area contributed by atoms with E-state index in [2.05, 4.69) is 22.1 Å². The molecular formula is C14H13N3OS. The molecule has 0 bridgehead atoms. The molecule has 1 aromatic carbocycles. The van der Waals surface area contributed by atoms with Gasteiger partial charge in [-0.25, -0.2) is 4.98 Å². The molecule has 0 spiro atoms. The zero-order chi connectivity index (χ0) is 13.5. The SMILES string of the molecule is NCC#Cc1ccccc1C(=O)NCc1cscn1. The molecule has 2 aromatic rings. The lowest BCUT2D eigenvalue weighted by Gasteiger charge is -2.05. The van der Waals surface area contributed by atoms with E-state index in [1.54, 1.807) is 17.6 Å². The summed E-state index contributed by atoms with van der Waals surface area (Å²) < 4.78 is 0. The van der Waals surface area contributed by atoms with Crippen LogP contribution in [-0.2, 0) is 6.54 Å². The first-order valence-electron chi connectivity index (χ1n) is 5.74. The summed E-state index contributed by atoms with van der Waals surface area (Å²) in [5.41, 5.74) is 9.17. The first-order valence-corrected chi connectivity index (χ1v) is 6.69. The normalized spacial score (nSPS) is 9.53. The van der Waals surface area contributed by atoms with Crippen LogP contribution in [0.1, 0.15) is 21.6 Å². The third kappa shape index (κ3) is 3.65. The number of nitrogens with one attached hydrogen (secondary N) is 1. The van der Waals surface area contributed by atoms with Crippen LogP contribution in [0, 0.1) is 11.8 Å². The second-order valence-electron chi connectivity index (χ2n) is 3.71. The fourth-order valence-electron chi connectivity index (χ4n) is 1.53. The van der Waals surface area contributed by atoms with E-state index in [1.807, 2.05) is 17.5 Å². The minimum absolute atomic E-state index is 0.157. The highest BCUT2D eigenvalue weighted by Gasteiger charge is 2.09. The van der Waals surface area contributed by atoms with Gasteiger partial charge in [0.2, 0.25) is 0 Å². The Balaban J connectivity index is 2.10. The number of thiazole rings is 1. The van der Waals surface area contributed by atoms with Gasteiger partial charge in [0.1, 0.15) is 0 Å². The lowest BCUT2D eigenvalue weighted by atomic mass is 10.1. The Labute approximate surface area is 115 Å². The summed E-state index contributed by atoms with van der Waals surface area (Å²) in [6.07, 6.45) is 0. The maximum absolute atomic E-state index is 12.1. The molecule has 0 unspecified atom stereocenters. The van der Waals surface area contributed by atoms with E-state index in [0.717, 1.165) is 5.69 Å². The van der Waals surface area contributed by atoms with Crippen molar-refractivity contribution in [3.63, 3.8) is 0 Å². The Kier molecular flexibility index (Phi) is 4.67. The predicted octanol–water partition coefficient (Wildman–Crippen LogP) is 1.38. The highest BCUT2D eigenvalue weighted by Crippen LogP contribution is 2.08. The lowest BCUT2D eigenvalue weighted by Crippen LogP contribution is -2.23. The molecule has 1 heterocycles. The van der Waals surface area contributed by atoms with Crippen molar-refractivity contribution in [2.24, 2.45) is 5.73 Å². The fraction of sp³-hybridized carbons (Fsp3) is 0.143. The van der Waals surface area contributed by atoms with Crippen LogP contribution in [0.5, 0.6) is 0 Å². The number of aromatic nitrogens is 1. The van der Waals surface area contributed by atoms with Crippen LogP contribution in [0.4, 0.5) is 0 Å². The molecule has 0 saturated carbocycles. The smallest absolute Gasteiger partial charge is 0.252 e. The number of carbonyl (C=O) groups excluding carboxylic acids is 1. The molecule has 3 N–H and O–H groups in total. The Morgan fingerprint density at radius 3 is 3.00 bits per heavy atom. The number of carbonyl (C=O) groups is 1. The Morgan fingerprint density at radius 2 is 2.26 bits per heavy atom. The predicted molar refractivity (Wildman–Crippen MR) is 75.7 cm³/mol. The molecule has 1 aromatic heterocycles. The van der Waals surface area contributed by atoms with Crippen molar-refractivity contribution in [2.45, 2.75) is 6.54 Å². The molecule has 0 aliphatic rings. The number of nitrogens with zero attached hydrogens (tertiary/aromatic N) is 1. The highest BCUT2D eigenvalue weighted by molar-refractivity contribution is 7.07. The van der Waals surface area contributed by atoms with Gasteiger partial charge in [-0.15, -0.1) is 11.3 Å². The van der Waals surface area contributed by atoms with E-state index >= 15 is 0 Å². The van der Waals surface area contributed by atoms with E-state index in [1.165, 1.54) is 11.3 Å². The summed E-state index contributed by atoms with van der Waals surface area (Å²) in [6.45, 7) is 0.690. The number of rotatable bonds is 3. The summed E-state index contributed by atoms with van der Waals surface area (Å²) in [5, 5.41) is 4.73. The van der Waals surface area contributed by atoms with Gasteiger partial charge in [-0.3, -0.25) is 4.79 Å². The summed E-state index contributed by atoms with van der Waals surface area (Å²) in [4.78, 5) is 16.2. The van der Waals surface area contributed by atoms with Gasteiger partial charge in [-0.2, -0.15) is 0 Å². The molecule has 4 nitrogen and oxygen atoms in total. The summed E-state index contributed by atoms with van der Waals surface area (Å²) in [6, 6.07) is 7.21. The van der Waals surface area contributed by atoms with Crippen LogP contribution in [0.3, 0.4) is 0 Å². The van der Waals surface area contributed by atoms with E-state index in [4.69, 9.17) is 5.73 Å². The third-order valence-corrected chi connectivity index (χ3v) is 3.05. The standard InChI is InChI=1S/C14H13N3OS/c15-7-3-5-11-4-1-2-6-13(11)14(18)16-8-12-9-19-10-17-12/h1-2,4,6,9-10H,7-8,15H2,(H,16,18). The van der Waals surface area contributed by atoms with Crippen LogP contribution >= 0.6 is 11.3 Å². The average molecular weight is 271 g/mol. The topological polar surface area (TPSA) is 68.0 Å². The first kappa shape index (κ1) is 13.3. The Bertz CT molecular complexity index is 611. The number of hydrogen-bond donors (Lipinski definition) is 2. The van der Waals surface area contributed by atoms with Crippen LogP contribution in [0.15, 0.2) is 35.2 Å². The van der Waals surface area contributed by atoms with Crippen molar-refractivity contribution < 1.29 is 4.79 Å². The minimum atomic E-state index is -0.157. The average Bonchev–Trinajstić information content (AvgIpc) is 2.96. The quantitative estimate of drug-likeness (QED) is 0.829. The molecule has 0 atom stereocenters. The van der Waals surface area contributed by atoms with Gasteiger partial charge in [0.25, 0.3) is 5.91 Å². The molecule has 0 saturated heterocycles. The molecule has 5 heteroatoms. The van der Waals surface area contributed by atoms with Crippen molar-refractivity contribution >= 4 is 17.2 Å². The molecule has 19 heavy (non-hydrogen) atoms. The van der Waals surface area contributed by atoms with Gasteiger partial charge in [0, 0.05) is 10.9 Å². The molecule has 0 radical (unpaired) electrons. The molecule has 1 amide bonds. The van der Waals surface area contributed by atoms with Gasteiger partial charge in [-0.1, -0.05) is 24.0 Å². The number of hydrogen-bond acceptors (Lipinski definition) is 4. The van der Waals surface area contributed by atoms with Crippen molar-refractivity contribution in [1.82, 2.24) is 10.3 Å². The van der Waals surface area contributed by atoms with Crippen LogP contribution in [0.2, 0.25) is 0 Å². The maximum Gasteiger partial charge on any atom is 0.252 e. The Morgan fingerprint density at radius 1 is 1.42 bits per heavy atom. The molecule has 96 valence electrons. The van der Waals surface area contributed by atoms with Crippen molar-refractivity contribution in [3.05, 3.63) is 52.0 Å². The van der Waals surface area contributed by atoms with Crippen molar-refractivity contribution in [3.8, 4) is 11.8 Å². The molecule has 0 fully saturated rings. The molecule has 0 aliphatic heterocycles. The third-order valence-electron chi connectivity index (χ3n) is 2.41. The van der Waals surface area contributed by atoms with E-state index in [9.17, 15) is 4.79 Å². The number of amides is 1. The van der Waals surface area contributed by atoms with E-state index in [-0.39, 0.29) is 12.5 Å². The zero-order valence-electron chi connectivity index (χ0n) is 10.2. The minimum Gasteiger partial charge on any atom is -0.346 e. The van der Waals surface area contributed by atoms with Crippen LogP contribution < -0.4 is 11.1 Å². The number of benzene rings is 1. The maximum atomic E-state index is 12.1. The molecular weight excluding hydrogens is 258 g/mol. The van der Waals surface area contributed by atoms with Crippen LogP contribution in [-0.4, -0.2) is 17.4 Å². The molecule has 0 aliphatic carbocycles. The summed E-state index contributed by atoms with van der Waals surface area (Å²) in [7, 11) is 0. The molecule has 2 rings (SSSR count). The second-order valence-corrected chi connectivity index (χ2v) is 4.43. The summed E-state index contributed by atoms with van der Waals surface area (Å²) >= 11 is 1.50. The Hall–Kier alpha value is -2.16. The van der Waals surface area contributed by atoms with Gasteiger partial charge < -0.3 is 11.1 Å². The fourth-order valence-corrected chi connectivity index (χ4v) is 2.09. The van der Waals surface area contributed by atoms with Crippen molar-refractivity contribution in [1.29, 1.82) is 0 Å². The van der Waals surface area contributed by atoms with Gasteiger partial charge >= 0.3 is 0 Å². The second kappa shape index (κ2) is 6.69. The van der Waals surface area contributed by atoms with Gasteiger partial charge in [0.15, 0.2) is 0 Å². The summed E-state index contributed by atoms with van der Waals surface area (Å²) in [5.74, 6) is 5.50. The van der Waals surface area contributed by atoms with E-state index < -0.39 is 0 Å². The van der Waals surface area contributed by atoms with Gasteiger partial charge in [0.05, 0.1) is 29.9 Å². The highest BCUT2D eigenvalue weighted by atomic mass is 32.1. The van der Waals surface area contributed by atoms with Crippen LogP contribution in [0.25, 0.3) is 0 Å². The van der Waals surface area contributed by atoms with E-state index in [0.29, 0.717) is 17.7 Å². The number of nitrogens with two attached hydrogens (primary N) is 1. The van der Waals surface area contributed by atoms with Gasteiger partial charge in [-0.05, 0) is 12.1 Å². The van der Waals surface area contributed by atoms with Crippen molar-refractivity contribution in [2.75, 3.05) is 6.54 Å². The monoisotopic (exact) mass is 271 g/mol. The lowest BCUT2D eigenvalue weighted by molar-refractivity contribution is 0.0950. The largest absolute Gasteiger partial charge is 0.346 e. The first-order chi connectivity index (χ1) is 9.31. The zero-order valence-corrected chi connectivity index (χ0v) is 11.0.